The molecule has 1 nitrogen and oxygen atoms in total. The van der Waals surface area contributed by atoms with Gasteiger partial charge < -0.3 is 0 Å². The van der Waals surface area contributed by atoms with Crippen molar-refractivity contribution in [3.63, 3.8) is 0 Å². The molecule has 0 unspecified atom stereocenters. The predicted molar refractivity (Wildman–Crippen MR) is 39.8 cm³/mol. The molecule has 0 rings (SSSR count). The molecule has 0 saturated carbocycles. The van der Waals surface area contributed by atoms with Gasteiger partial charge in [0.2, 0.25) is 5.78 Å². The van der Waals surface area contributed by atoms with Crippen molar-refractivity contribution in [3.05, 3.63) is 6.43 Å². The van der Waals surface area contributed by atoms with Crippen LogP contribution in [-0.4, -0.2) is 17.6 Å². The average Bonchev–Trinajstić information content (AvgIpc) is 2.00. The molecule has 0 heterocycles. The van der Waals surface area contributed by atoms with E-state index in [0.29, 0.717) is 0 Å². The maximum absolute atomic E-state index is 12.7. The molecule has 0 N–H and O–H groups in total. The molecule has 0 bridgehead atoms. The molecule has 0 aromatic heterocycles. The molecule has 0 aliphatic heterocycles. The Morgan fingerprint density at radius 2 is 1.20 bits per heavy atom. The summed E-state index contributed by atoms with van der Waals surface area (Å²) in [5.74, 6) is -13.4. The van der Waals surface area contributed by atoms with E-state index in [1.54, 1.807) is 0 Å². The van der Waals surface area contributed by atoms with Crippen LogP contribution in [-0.2, 0) is 4.79 Å². The largest absolute Gasteiger partial charge is 0.385 e. The molecule has 0 atom stereocenters. The summed E-state index contributed by atoms with van der Waals surface area (Å²) in [4.78, 5) is 10.9. The summed E-state index contributed by atoms with van der Waals surface area (Å²) in [5, 5.41) is 0. The number of alkyl halides is 4. The highest BCUT2D eigenvalue weighted by molar-refractivity contribution is 5.91. The fourth-order valence-electron chi connectivity index (χ4n) is 0.732. The Bertz CT molecular complexity index is 252. The molecule has 89 valence electrons. The SMILES string of the molecule is CC(C)(C)C(=O)C(F)(F)C(F)(F)[C](F)F. The molecule has 0 aliphatic rings. The van der Waals surface area contributed by atoms with E-state index in [0.717, 1.165) is 20.8 Å². The van der Waals surface area contributed by atoms with Gasteiger partial charge in [0.05, 0.1) is 0 Å². The maximum atomic E-state index is 12.7. The fourth-order valence-corrected chi connectivity index (χ4v) is 0.732. The van der Waals surface area contributed by atoms with Crippen LogP contribution in [0.2, 0.25) is 0 Å². The number of hydrogen-bond acceptors (Lipinski definition) is 1. The minimum atomic E-state index is -5.72. The zero-order valence-corrected chi connectivity index (χ0v) is 8.18. The van der Waals surface area contributed by atoms with Crippen LogP contribution >= 0.6 is 0 Å². The highest BCUT2D eigenvalue weighted by atomic mass is 19.3. The molecule has 15 heavy (non-hydrogen) atoms. The lowest BCUT2D eigenvalue weighted by atomic mass is 9.85. The Hall–Kier alpha value is -0.750. The first-order valence-electron chi connectivity index (χ1n) is 3.84. The molecule has 0 aromatic carbocycles. The number of halogens is 6. The number of ketones is 1. The van der Waals surface area contributed by atoms with Gasteiger partial charge in [-0.05, 0) is 0 Å². The highest BCUT2D eigenvalue weighted by Gasteiger charge is 2.69. The Morgan fingerprint density at radius 1 is 0.867 bits per heavy atom. The molecule has 0 saturated heterocycles. The van der Waals surface area contributed by atoms with E-state index < -0.39 is 29.5 Å². The molecule has 0 aromatic rings. The van der Waals surface area contributed by atoms with Gasteiger partial charge in [0.15, 0.2) is 0 Å². The third kappa shape index (κ3) is 2.43. The molecular formula is C8H9F6O. The second-order valence-electron chi connectivity index (χ2n) is 3.99. The van der Waals surface area contributed by atoms with Gasteiger partial charge in [-0.1, -0.05) is 20.8 Å². The van der Waals surface area contributed by atoms with Crippen LogP contribution in [0.1, 0.15) is 20.8 Å². The first kappa shape index (κ1) is 14.2. The smallest absolute Gasteiger partial charge is 0.292 e. The minimum absolute atomic E-state index is 0.940. The van der Waals surface area contributed by atoms with Crippen LogP contribution in [0.3, 0.4) is 0 Å². The molecule has 1 radical (unpaired) electrons. The van der Waals surface area contributed by atoms with Gasteiger partial charge >= 0.3 is 18.3 Å². The van der Waals surface area contributed by atoms with Crippen molar-refractivity contribution < 1.29 is 31.1 Å². The van der Waals surface area contributed by atoms with Crippen LogP contribution in [0.15, 0.2) is 0 Å². The summed E-state index contributed by atoms with van der Waals surface area (Å²) in [5.41, 5.74) is -1.83. The minimum Gasteiger partial charge on any atom is -0.292 e. The Morgan fingerprint density at radius 3 is 1.40 bits per heavy atom. The van der Waals surface area contributed by atoms with Crippen LogP contribution in [0.4, 0.5) is 26.3 Å². The summed E-state index contributed by atoms with van der Waals surface area (Å²) < 4.78 is 73.4. The van der Waals surface area contributed by atoms with E-state index in [1.807, 2.05) is 0 Å². The molecule has 0 fully saturated rings. The standard InChI is InChI=1S/C8H9F6O/c1-6(2,3)4(15)7(11,12)8(13,14)5(9)10/h1-3H3. The fraction of sp³-hybridized carbons (Fsp3) is 0.750. The van der Waals surface area contributed by atoms with Crippen molar-refractivity contribution in [1.82, 2.24) is 0 Å². The summed E-state index contributed by atoms with van der Waals surface area (Å²) in [6.45, 7) is 2.82. The van der Waals surface area contributed by atoms with E-state index in [-0.39, 0.29) is 0 Å². The first-order chi connectivity index (χ1) is 6.35. The van der Waals surface area contributed by atoms with Crippen molar-refractivity contribution in [2.45, 2.75) is 32.6 Å². The zero-order valence-electron chi connectivity index (χ0n) is 8.18. The lowest BCUT2D eigenvalue weighted by Crippen LogP contribution is -2.53. The van der Waals surface area contributed by atoms with E-state index in [2.05, 4.69) is 0 Å². The lowest BCUT2D eigenvalue weighted by molar-refractivity contribution is -0.227. The second-order valence-corrected chi connectivity index (χ2v) is 3.99. The van der Waals surface area contributed by atoms with Gasteiger partial charge in [-0.15, -0.1) is 0 Å². The molecular weight excluding hydrogens is 226 g/mol. The quantitative estimate of drug-likeness (QED) is 0.686. The Balaban J connectivity index is 5.24. The summed E-state index contributed by atoms with van der Waals surface area (Å²) in [6.07, 6.45) is -3.77. The molecule has 0 spiro atoms. The predicted octanol–water partition coefficient (Wildman–Crippen LogP) is 3.30. The highest BCUT2D eigenvalue weighted by Crippen LogP contribution is 2.46. The Kier molecular flexibility index (Phi) is 3.49. The third-order valence-electron chi connectivity index (χ3n) is 1.60. The van der Waals surface area contributed by atoms with Gasteiger partial charge in [0.25, 0.3) is 0 Å². The van der Waals surface area contributed by atoms with E-state index in [9.17, 15) is 31.1 Å². The topological polar surface area (TPSA) is 17.1 Å². The van der Waals surface area contributed by atoms with Crippen molar-refractivity contribution >= 4 is 5.78 Å². The Labute approximate surface area is 82.4 Å². The average molecular weight is 235 g/mol. The van der Waals surface area contributed by atoms with Crippen molar-refractivity contribution in [3.8, 4) is 0 Å². The van der Waals surface area contributed by atoms with Crippen molar-refractivity contribution in [2.75, 3.05) is 0 Å². The third-order valence-corrected chi connectivity index (χ3v) is 1.60. The number of carbonyl (C=O) groups excluding carboxylic acids is 1. The van der Waals surface area contributed by atoms with E-state index in [1.165, 1.54) is 0 Å². The normalized spacial score (nSPS) is 14.5. The summed E-state index contributed by atoms with van der Waals surface area (Å²) in [7, 11) is 0. The number of rotatable bonds is 3. The first-order valence-corrected chi connectivity index (χ1v) is 3.84. The maximum Gasteiger partial charge on any atom is 0.385 e. The van der Waals surface area contributed by atoms with Gasteiger partial charge in [-0.2, -0.15) is 26.3 Å². The number of carbonyl (C=O) groups is 1. The van der Waals surface area contributed by atoms with Crippen molar-refractivity contribution in [1.29, 1.82) is 0 Å². The number of Topliss-reactive ketones (excluding diaryl/α,β-unsaturated/α-hetero) is 1. The zero-order chi connectivity index (χ0) is 12.7. The number of hydrogen-bond donors (Lipinski definition) is 0. The lowest BCUT2D eigenvalue weighted by Gasteiger charge is -2.28. The van der Waals surface area contributed by atoms with Crippen LogP contribution < -0.4 is 0 Å². The molecule has 0 amide bonds. The van der Waals surface area contributed by atoms with Gasteiger partial charge in [0.1, 0.15) is 0 Å². The summed E-state index contributed by atoms with van der Waals surface area (Å²) in [6, 6.07) is 0. The van der Waals surface area contributed by atoms with E-state index >= 15 is 0 Å². The van der Waals surface area contributed by atoms with Crippen molar-refractivity contribution in [2.24, 2.45) is 5.41 Å². The van der Waals surface area contributed by atoms with Crippen LogP contribution in [0.25, 0.3) is 0 Å². The monoisotopic (exact) mass is 235 g/mol. The van der Waals surface area contributed by atoms with Gasteiger partial charge in [-0.25, -0.2) is 0 Å². The summed E-state index contributed by atoms with van der Waals surface area (Å²) >= 11 is 0. The second kappa shape index (κ2) is 3.68. The van der Waals surface area contributed by atoms with Gasteiger partial charge in [-0.3, -0.25) is 4.79 Å². The molecule has 7 heteroatoms. The van der Waals surface area contributed by atoms with Crippen LogP contribution in [0, 0.1) is 11.8 Å². The van der Waals surface area contributed by atoms with E-state index in [4.69, 9.17) is 0 Å². The van der Waals surface area contributed by atoms with Gasteiger partial charge in [0, 0.05) is 5.41 Å². The molecule has 0 aliphatic carbocycles. The van der Waals surface area contributed by atoms with Crippen LogP contribution in [0.5, 0.6) is 0 Å².